The predicted octanol–water partition coefficient (Wildman–Crippen LogP) is 8.70. The molecule has 50 heavy (non-hydrogen) atoms. The number of nitrogens with one attached hydrogen (secondary N) is 1. The van der Waals surface area contributed by atoms with E-state index in [1.807, 2.05) is 4.90 Å². The fourth-order valence-corrected chi connectivity index (χ4v) is 6.17. The van der Waals surface area contributed by atoms with E-state index in [0.29, 0.717) is 32.4 Å². The molecule has 0 spiro atoms. The van der Waals surface area contributed by atoms with E-state index in [4.69, 9.17) is 22.9 Å². The van der Waals surface area contributed by atoms with Crippen LogP contribution in [0.4, 0.5) is 0 Å². The van der Waals surface area contributed by atoms with Crippen molar-refractivity contribution in [1.82, 2.24) is 10.2 Å². The van der Waals surface area contributed by atoms with Gasteiger partial charge in [0.15, 0.2) is 5.96 Å². The zero-order valence-corrected chi connectivity index (χ0v) is 34.8. The molecule has 2 atom stereocenters. The summed E-state index contributed by atoms with van der Waals surface area (Å²) in [5, 5.41) is 3.01. The SMILES string of the molecule is CCCCCCCCCCCCCCN(CCCCCCCCCCCC)C(=O)[C@H](CCCCN)NC(=O)[C@@H](N)CCCN=C(N)N.Cl.Cl.Cl. The average molecular weight is 775 g/mol. The minimum Gasteiger partial charge on any atom is -0.370 e. The van der Waals surface area contributed by atoms with Crippen molar-refractivity contribution in [3.05, 3.63) is 0 Å². The van der Waals surface area contributed by atoms with Gasteiger partial charge in [-0.1, -0.05) is 142 Å². The third-order valence-corrected chi connectivity index (χ3v) is 9.24. The highest BCUT2D eigenvalue weighted by Gasteiger charge is 2.27. The van der Waals surface area contributed by atoms with Crippen LogP contribution in [0.15, 0.2) is 4.99 Å². The summed E-state index contributed by atoms with van der Waals surface area (Å²) in [4.78, 5) is 33.0. The van der Waals surface area contributed by atoms with Crippen molar-refractivity contribution in [2.45, 2.75) is 199 Å². The van der Waals surface area contributed by atoms with Gasteiger partial charge >= 0.3 is 0 Å². The molecule has 0 aromatic rings. The lowest BCUT2D eigenvalue weighted by Crippen LogP contribution is -2.53. The molecule has 9 nitrogen and oxygen atoms in total. The quantitative estimate of drug-likeness (QED) is 0.0246. The normalized spacial score (nSPS) is 11.8. The van der Waals surface area contributed by atoms with E-state index in [9.17, 15) is 9.59 Å². The summed E-state index contributed by atoms with van der Waals surface area (Å²) in [5.74, 6) is -0.226. The smallest absolute Gasteiger partial charge is 0.245 e. The number of nitrogens with zero attached hydrogens (tertiary/aromatic N) is 2. The van der Waals surface area contributed by atoms with Crippen molar-refractivity contribution < 1.29 is 9.59 Å². The summed E-state index contributed by atoms with van der Waals surface area (Å²) < 4.78 is 0. The van der Waals surface area contributed by atoms with E-state index in [2.05, 4.69) is 24.2 Å². The fourth-order valence-electron chi connectivity index (χ4n) is 6.17. The molecule has 0 aliphatic carbocycles. The van der Waals surface area contributed by atoms with Crippen LogP contribution in [0.3, 0.4) is 0 Å². The standard InChI is InChI=1S/C38H79N7O2.3ClH/c1-3-5-7-9-11-13-15-16-18-20-22-26-33-45(32-25-21-19-17-14-12-10-8-6-4-2)37(47)35(29-23-24-30-39)44-36(46)34(40)28-27-31-43-38(41)42;;;/h34-35H,3-33,39-40H2,1-2H3,(H,44,46)(H4,41,42,43);3*1H/t34-,35-;;;/m0.../s1. The maximum atomic E-state index is 13.9. The lowest BCUT2D eigenvalue weighted by atomic mass is 10.0. The van der Waals surface area contributed by atoms with Gasteiger partial charge in [0.2, 0.25) is 11.8 Å². The lowest BCUT2D eigenvalue weighted by Gasteiger charge is -2.29. The van der Waals surface area contributed by atoms with Crippen molar-refractivity contribution in [2.75, 3.05) is 26.2 Å². The van der Waals surface area contributed by atoms with Crippen molar-refractivity contribution in [2.24, 2.45) is 27.9 Å². The van der Waals surface area contributed by atoms with Crippen molar-refractivity contribution in [3.8, 4) is 0 Å². The van der Waals surface area contributed by atoms with E-state index < -0.39 is 12.1 Å². The Balaban J connectivity index is -0.00000353. The van der Waals surface area contributed by atoms with E-state index >= 15 is 0 Å². The zero-order valence-electron chi connectivity index (χ0n) is 32.3. The number of hydrogen-bond donors (Lipinski definition) is 5. The first-order valence-electron chi connectivity index (χ1n) is 20.0. The maximum Gasteiger partial charge on any atom is 0.245 e. The topological polar surface area (TPSA) is 166 Å². The fraction of sp³-hybridized carbons (Fsp3) is 0.921. The molecule has 2 amide bonds. The second-order valence-electron chi connectivity index (χ2n) is 13.8. The number of carbonyl (C=O) groups is 2. The zero-order chi connectivity index (χ0) is 34.8. The van der Waals surface area contributed by atoms with Crippen molar-refractivity contribution in [1.29, 1.82) is 0 Å². The number of hydrogen-bond acceptors (Lipinski definition) is 5. The predicted molar refractivity (Wildman–Crippen MR) is 224 cm³/mol. The van der Waals surface area contributed by atoms with Gasteiger partial charge in [0.1, 0.15) is 6.04 Å². The van der Waals surface area contributed by atoms with Crippen LogP contribution in [0.2, 0.25) is 0 Å². The molecule has 0 radical (unpaired) electrons. The molecule has 0 rings (SSSR count). The summed E-state index contributed by atoms with van der Waals surface area (Å²) in [6.07, 6.45) is 31.4. The number of carbonyl (C=O) groups excluding carboxylic acids is 2. The summed E-state index contributed by atoms with van der Waals surface area (Å²) in [6.45, 7) is 7.03. The number of unbranched alkanes of at least 4 members (excludes halogenated alkanes) is 21. The lowest BCUT2D eigenvalue weighted by molar-refractivity contribution is -0.137. The Morgan fingerprint density at radius 3 is 1.36 bits per heavy atom. The third kappa shape index (κ3) is 35.4. The molecule has 0 fully saturated rings. The van der Waals surface area contributed by atoms with Crippen LogP contribution >= 0.6 is 37.2 Å². The number of amides is 2. The van der Waals surface area contributed by atoms with Crippen LogP contribution in [-0.4, -0.2) is 60.9 Å². The molecule has 12 heteroatoms. The molecule has 0 aromatic heterocycles. The van der Waals surface area contributed by atoms with Crippen LogP contribution in [0.1, 0.15) is 187 Å². The Morgan fingerprint density at radius 1 is 0.580 bits per heavy atom. The Labute approximate surface area is 327 Å². The molecule has 0 aliphatic heterocycles. The van der Waals surface area contributed by atoms with Gasteiger partial charge in [0.25, 0.3) is 0 Å². The third-order valence-electron chi connectivity index (χ3n) is 9.24. The van der Waals surface area contributed by atoms with Gasteiger partial charge in [0.05, 0.1) is 6.04 Å². The number of halogens is 3. The maximum absolute atomic E-state index is 13.9. The molecule has 0 saturated carbocycles. The van der Waals surface area contributed by atoms with Crippen molar-refractivity contribution >= 4 is 55.0 Å². The minimum absolute atomic E-state index is 0. The van der Waals surface area contributed by atoms with Crippen LogP contribution < -0.4 is 28.3 Å². The number of rotatable bonds is 35. The molecule has 0 aromatic carbocycles. The van der Waals surface area contributed by atoms with Crippen molar-refractivity contribution in [3.63, 3.8) is 0 Å². The highest BCUT2D eigenvalue weighted by molar-refractivity contribution is 5.89. The average Bonchev–Trinajstić information content (AvgIpc) is 3.06. The Kier molecular flexibility index (Phi) is 47.3. The minimum atomic E-state index is -0.708. The second-order valence-corrected chi connectivity index (χ2v) is 13.8. The van der Waals surface area contributed by atoms with E-state index in [-0.39, 0.29) is 55.0 Å². The summed E-state index contributed by atoms with van der Waals surface area (Å²) in [5.41, 5.74) is 22.8. The van der Waals surface area contributed by atoms with Crippen LogP contribution in [-0.2, 0) is 9.59 Å². The van der Waals surface area contributed by atoms with Gasteiger partial charge < -0.3 is 33.2 Å². The summed E-state index contributed by atoms with van der Waals surface area (Å²) >= 11 is 0. The molecule has 0 aliphatic rings. The van der Waals surface area contributed by atoms with Gasteiger partial charge in [-0.05, 0) is 51.5 Å². The molecule has 0 unspecified atom stereocenters. The number of aliphatic imine (C=N–C) groups is 1. The Morgan fingerprint density at radius 2 is 0.980 bits per heavy atom. The highest BCUT2D eigenvalue weighted by Crippen LogP contribution is 2.15. The van der Waals surface area contributed by atoms with Gasteiger partial charge in [0, 0.05) is 19.6 Å². The molecule has 302 valence electrons. The largest absolute Gasteiger partial charge is 0.370 e. The van der Waals surface area contributed by atoms with Gasteiger partial charge in [-0.15, -0.1) is 37.2 Å². The molecular formula is C38H82Cl3N7O2. The van der Waals surface area contributed by atoms with Gasteiger partial charge in [-0.3, -0.25) is 14.6 Å². The summed E-state index contributed by atoms with van der Waals surface area (Å²) in [7, 11) is 0. The first-order valence-corrected chi connectivity index (χ1v) is 20.0. The first kappa shape index (κ1) is 55.8. The Hall–Kier alpha value is -1.00. The summed E-state index contributed by atoms with van der Waals surface area (Å²) in [6, 6.07) is -1.28. The van der Waals surface area contributed by atoms with E-state index in [1.54, 1.807) is 0 Å². The highest BCUT2D eigenvalue weighted by atomic mass is 35.5. The molecule has 0 bridgehead atoms. The second kappa shape index (κ2) is 42.4. The monoisotopic (exact) mass is 774 g/mol. The Bertz CT molecular complexity index is 762. The van der Waals surface area contributed by atoms with E-state index in [0.717, 1.165) is 51.6 Å². The molecule has 9 N–H and O–H groups in total. The molecule has 0 heterocycles. The first-order chi connectivity index (χ1) is 22.9. The van der Waals surface area contributed by atoms with Gasteiger partial charge in [-0.2, -0.15) is 0 Å². The van der Waals surface area contributed by atoms with Crippen LogP contribution in [0, 0.1) is 0 Å². The number of nitrogens with two attached hydrogens (primary N) is 4. The molecule has 0 saturated heterocycles. The van der Waals surface area contributed by atoms with Crippen LogP contribution in [0.25, 0.3) is 0 Å². The van der Waals surface area contributed by atoms with Gasteiger partial charge in [-0.25, -0.2) is 0 Å². The molecular weight excluding hydrogens is 693 g/mol. The number of guanidine groups is 1. The van der Waals surface area contributed by atoms with E-state index in [1.165, 1.54) is 116 Å². The van der Waals surface area contributed by atoms with Crippen LogP contribution in [0.5, 0.6) is 0 Å².